The minimum Gasteiger partial charge on any atom is -0.351 e. The second-order valence-corrected chi connectivity index (χ2v) is 5.06. The van der Waals surface area contributed by atoms with Gasteiger partial charge >= 0.3 is 0 Å². The summed E-state index contributed by atoms with van der Waals surface area (Å²) in [5.74, 6) is 1.99. The fourth-order valence-corrected chi connectivity index (χ4v) is 2.86. The SMILES string of the molecule is CN1CCC(NC(=O)C2CSCN2)C1. The number of thioether (sulfide) groups is 1. The molecule has 0 radical (unpaired) electrons. The van der Waals surface area contributed by atoms with E-state index in [4.69, 9.17) is 0 Å². The van der Waals surface area contributed by atoms with Crippen LogP contribution in [0, 0.1) is 0 Å². The summed E-state index contributed by atoms with van der Waals surface area (Å²) in [4.78, 5) is 14.0. The van der Waals surface area contributed by atoms with Crippen LogP contribution < -0.4 is 10.6 Å². The van der Waals surface area contributed by atoms with E-state index in [-0.39, 0.29) is 11.9 Å². The van der Waals surface area contributed by atoms with Crippen molar-refractivity contribution in [2.24, 2.45) is 0 Å². The molecule has 2 saturated heterocycles. The van der Waals surface area contributed by atoms with Gasteiger partial charge < -0.3 is 10.2 Å². The molecule has 80 valence electrons. The lowest BCUT2D eigenvalue weighted by Crippen LogP contribution is -2.47. The van der Waals surface area contributed by atoms with E-state index in [1.807, 2.05) is 0 Å². The molecular formula is C9H17N3OS. The maximum atomic E-state index is 11.7. The van der Waals surface area contributed by atoms with Crippen LogP contribution in [0.3, 0.4) is 0 Å². The number of likely N-dealkylation sites (N-methyl/N-ethyl adjacent to an activating group) is 1. The molecular weight excluding hydrogens is 198 g/mol. The van der Waals surface area contributed by atoms with E-state index in [0.29, 0.717) is 6.04 Å². The Kier molecular flexibility index (Phi) is 3.30. The fourth-order valence-electron chi connectivity index (χ4n) is 1.92. The highest BCUT2D eigenvalue weighted by atomic mass is 32.2. The molecule has 2 aliphatic heterocycles. The van der Waals surface area contributed by atoms with Crippen molar-refractivity contribution in [1.82, 2.24) is 15.5 Å². The van der Waals surface area contributed by atoms with Crippen LogP contribution in [-0.4, -0.2) is 54.7 Å². The molecule has 0 aromatic carbocycles. The van der Waals surface area contributed by atoms with E-state index in [1.54, 1.807) is 11.8 Å². The first-order valence-corrected chi connectivity index (χ1v) is 6.21. The van der Waals surface area contributed by atoms with Crippen molar-refractivity contribution in [3.63, 3.8) is 0 Å². The van der Waals surface area contributed by atoms with Crippen molar-refractivity contribution >= 4 is 17.7 Å². The summed E-state index contributed by atoms with van der Waals surface area (Å²) in [6, 6.07) is 0.394. The Labute approximate surface area is 88.8 Å². The summed E-state index contributed by atoms with van der Waals surface area (Å²) in [5.41, 5.74) is 0. The van der Waals surface area contributed by atoms with Gasteiger partial charge in [-0.2, -0.15) is 0 Å². The van der Waals surface area contributed by atoms with Gasteiger partial charge in [0.05, 0.1) is 6.04 Å². The van der Waals surface area contributed by atoms with E-state index in [2.05, 4.69) is 22.6 Å². The highest BCUT2D eigenvalue weighted by molar-refractivity contribution is 7.99. The van der Waals surface area contributed by atoms with Crippen LogP contribution in [0.5, 0.6) is 0 Å². The third-order valence-corrected chi connectivity index (χ3v) is 3.71. The Morgan fingerprint density at radius 3 is 3.07 bits per heavy atom. The number of nitrogens with one attached hydrogen (secondary N) is 2. The molecule has 4 nitrogen and oxygen atoms in total. The number of carbonyl (C=O) groups excluding carboxylic acids is 1. The number of likely N-dealkylation sites (tertiary alicyclic amines) is 1. The van der Waals surface area contributed by atoms with E-state index >= 15 is 0 Å². The molecule has 0 aromatic rings. The van der Waals surface area contributed by atoms with Crippen LogP contribution in [0.1, 0.15) is 6.42 Å². The first kappa shape index (κ1) is 10.3. The summed E-state index contributed by atoms with van der Waals surface area (Å²) < 4.78 is 0. The Morgan fingerprint density at radius 2 is 2.50 bits per heavy atom. The van der Waals surface area contributed by atoms with Gasteiger partial charge in [0.15, 0.2) is 0 Å². The van der Waals surface area contributed by atoms with Gasteiger partial charge in [0, 0.05) is 24.2 Å². The average molecular weight is 215 g/mol. The average Bonchev–Trinajstić information content (AvgIpc) is 2.75. The minimum absolute atomic E-state index is 0.0332. The molecule has 0 aliphatic carbocycles. The Balaban J connectivity index is 1.76. The Morgan fingerprint density at radius 1 is 1.64 bits per heavy atom. The van der Waals surface area contributed by atoms with Gasteiger partial charge in [-0.1, -0.05) is 0 Å². The number of amides is 1. The normalized spacial score (nSPS) is 33.5. The second kappa shape index (κ2) is 4.51. The Bertz CT molecular complexity index is 218. The van der Waals surface area contributed by atoms with Crippen LogP contribution in [-0.2, 0) is 4.79 Å². The summed E-state index contributed by atoms with van der Waals surface area (Å²) in [6.07, 6.45) is 1.09. The van der Waals surface area contributed by atoms with Crippen LogP contribution in [0.4, 0.5) is 0 Å². The van der Waals surface area contributed by atoms with Crippen LogP contribution in [0.15, 0.2) is 0 Å². The number of rotatable bonds is 2. The predicted octanol–water partition coefficient (Wildman–Crippen LogP) is -0.531. The zero-order valence-electron chi connectivity index (χ0n) is 8.45. The number of nitrogens with zero attached hydrogens (tertiary/aromatic N) is 1. The van der Waals surface area contributed by atoms with Gasteiger partial charge in [-0.25, -0.2) is 0 Å². The topological polar surface area (TPSA) is 44.4 Å². The third-order valence-electron chi connectivity index (χ3n) is 2.77. The molecule has 2 fully saturated rings. The van der Waals surface area contributed by atoms with Gasteiger partial charge in [0.2, 0.25) is 5.91 Å². The lowest BCUT2D eigenvalue weighted by atomic mass is 10.2. The molecule has 0 aromatic heterocycles. The first-order valence-electron chi connectivity index (χ1n) is 5.06. The van der Waals surface area contributed by atoms with Gasteiger partial charge in [-0.15, -0.1) is 11.8 Å². The van der Waals surface area contributed by atoms with E-state index in [9.17, 15) is 4.79 Å². The fraction of sp³-hybridized carbons (Fsp3) is 0.889. The van der Waals surface area contributed by atoms with Gasteiger partial charge in [0.25, 0.3) is 0 Å². The largest absolute Gasteiger partial charge is 0.351 e. The summed E-state index contributed by atoms with van der Waals surface area (Å²) in [6.45, 7) is 2.09. The molecule has 2 heterocycles. The maximum Gasteiger partial charge on any atom is 0.238 e. The van der Waals surface area contributed by atoms with E-state index < -0.39 is 0 Å². The third kappa shape index (κ3) is 2.40. The second-order valence-electron chi connectivity index (χ2n) is 4.03. The minimum atomic E-state index is 0.0332. The quantitative estimate of drug-likeness (QED) is 0.650. The van der Waals surface area contributed by atoms with Gasteiger partial charge in [-0.05, 0) is 20.0 Å². The smallest absolute Gasteiger partial charge is 0.238 e. The number of hydrogen-bond donors (Lipinski definition) is 2. The lowest BCUT2D eigenvalue weighted by molar-refractivity contribution is -0.123. The number of carbonyl (C=O) groups is 1. The van der Waals surface area contributed by atoms with Crippen molar-refractivity contribution in [2.45, 2.75) is 18.5 Å². The van der Waals surface area contributed by atoms with Gasteiger partial charge in [0.1, 0.15) is 0 Å². The lowest BCUT2D eigenvalue weighted by Gasteiger charge is -2.15. The summed E-state index contributed by atoms with van der Waals surface area (Å²) >= 11 is 1.79. The van der Waals surface area contributed by atoms with Crippen molar-refractivity contribution in [3.8, 4) is 0 Å². The zero-order valence-corrected chi connectivity index (χ0v) is 9.27. The number of hydrogen-bond acceptors (Lipinski definition) is 4. The molecule has 1 amide bonds. The van der Waals surface area contributed by atoms with Crippen molar-refractivity contribution in [3.05, 3.63) is 0 Å². The maximum absolute atomic E-state index is 11.7. The van der Waals surface area contributed by atoms with Crippen LogP contribution in [0.25, 0.3) is 0 Å². The molecule has 2 rings (SSSR count). The standard InChI is InChI=1S/C9H17N3OS/c1-12-3-2-7(4-12)11-9(13)8-5-14-6-10-8/h7-8,10H,2-6H2,1H3,(H,11,13). The highest BCUT2D eigenvalue weighted by Crippen LogP contribution is 2.11. The first-order chi connectivity index (χ1) is 6.75. The van der Waals surface area contributed by atoms with E-state index in [1.165, 1.54) is 0 Å². The molecule has 0 bridgehead atoms. The van der Waals surface area contributed by atoms with Crippen LogP contribution in [0.2, 0.25) is 0 Å². The van der Waals surface area contributed by atoms with Crippen molar-refractivity contribution in [2.75, 3.05) is 31.8 Å². The van der Waals surface area contributed by atoms with Crippen molar-refractivity contribution in [1.29, 1.82) is 0 Å². The molecule has 0 saturated carbocycles. The molecule has 2 atom stereocenters. The highest BCUT2D eigenvalue weighted by Gasteiger charge is 2.27. The monoisotopic (exact) mass is 215 g/mol. The van der Waals surface area contributed by atoms with Gasteiger partial charge in [-0.3, -0.25) is 10.1 Å². The molecule has 2 aliphatic rings. The molecule has 0 spiro atoms. The molecule has 2 N–H and O–H groups in total. The Hall–Kier alpha value is -0.260. The molecule has 5 heteroatoms. The molecule has 2 unspecified atom stereocenters. The molecule has 14 heavy (non-hydrogen) atoms. The predicted molar refractivity (Wildman–Crippen MR) is 58.3 cm³/mol. The van der Waals surface area contributed by atoms with Crippen LogP contribution >= 0.6 is 11.8 Å². The van der Waals surface area contributed by atoms with Crippen molar-refractivity contribution < 1.29 is 4.79 Å². The van der Waals surface area contributed by atoms with E-state index in [0.717, 1.165) is 31.1 Å². The summed E-state index contributed by atoms with van der Waals surface area (Å²) in [5, 5.41) is 6.27. The zero-order chi connectivity index (χ0) is 9.97. The summed E-state index contributed by atoms with van der Waals surface area (Å²) in [7, 11) is 2.09.